The molecule has 1 aromatic carbocycles. The van der Waals surface area contributed by atoms with Crippen LogP contribution in [-0.4, -0.2) is 18.2 Å². The summed E-state index contributed by atoms with van der Waals surface area (Å²) in [7, 11) is 1.62. The molecule has 0 fully saturated rings. The van der Waals surface area contributed by atoms with Gasteiger partial charge in [-0.15, -0.1) is 0 Å². The van der Waals surface area contributed by atoms with E-state index in [-0.39, 0.29) is 6.04 Å². The molecule has 86 valence electrons. The Labute approximate surface area is 94.6 Å². The van der Waals surface area contributed by atoms with Crippen LogP contribution in [0.3, 0.4) is 0 Å². The Hall–Kier alpha value is -1.97. The second-order valence-electron chi connectivity index (χ2n) is 3.33. The largest absolute Gasteiger partial charge is 0.497 e. The van der Waals surface area contributed by atoms with Crippen molar-refractivity contribution in [3.63, 3.8) is 0 Å². The molecule has 0 aromatic heterocycles. The van der Waals surface area contributed by atoms with Gasteiger partial charge in [-0.3, -0.25) is 0 Å². The van der Waals surface area contributed by atoms with Gasteiger partial charge in [0.1, 0.15) is 5.75 Å². The third kappa shape index (κ3) is 3.65. The fourth-order valence-corrected chi connectivity index (χ4v) is 1.25. The standard InChI is InChI=1S/C12H15NO3/c1-9(13-8-7-12(14)15)10-3-5-11(16-2)6-4-10/h3-9,13H,1-2H3,(H,14,15)/b8-7+/t9-/m1/s1. The van der Waals surface area contributed by atoms with Crippen molar-refractivity contribution < 1.29 is 14.6 Å². The van der Waals surface area contributed by atoms with E-state index in [1.54, 1.807) is 7.11 Å². The highest BCUT2D eigenvalue weighted by Crippen LogP contribution is 2.16. The van der Waals surface area contributed by atoms with Gasteiger partial charge in [0.25, 0.3) is 0 Å². The van der Waals surface area contributed by atoms with Gasteiger partial charge in [0.15, 0.2) is 0 Å². The SMILES string of the molecule is COc1ccc([C@@H](C)N/C=C/C(=O)O)cc1. The Bertz CT molecular complexity index is 370. The predicted octanol–water partition coefficient (Wildman–Crippen LogP) is 1.94. The lowest BCUT2D eigenvalue weighted by Gasteiger charge is -2.12. The molecule has 0 spiro atoms. The average Bonchev–Trinajstić information content (AvgIpc) is 2.28. The summed E-state index contributed by atoms with van der Waals surface area (Å²) in [4.78, 5) is 10.3. The van der Waals surface area contributed by atoms with Crippen LogP contribution in [0.2, 0.25) is 0 Å². The molecule has 1 aromatic rings. The van der Waals surface area contributed by atoms with Gasteiger partial charge in [0, 0.05) is 18.3 Å². The lowest BCUT2D eigenvalue weighted by Crippen LogP contribution is -2.12. The lowest BCUT2D eigenvalue weighted by atomic mass is 10.1. The first-order chi connectivity index (χ1) is 7.63. The molecule has 0 saturated heterocycles. The van der Waals surface area contributed by atoms with Gasteiger partial charge >= 0.3 is 5.97 Å². The smallest absolute Gasteiger partial charge is 0.329 e. The summed E-state index contributed by atoms with van der Waals surface area (Å²) in [6, 6.07) is 7.67. The first-order valence-corrected chi connectivity index (χ1v) is 4.93. The number of hydrogen-bond acceptors (Lipinski definition) is 3. The van der Waals surface area contributed by atoms with E-state index in [1.807, 2.05) is 31.2 Å². The minimum absolute atomic E-state index is 0.0570. The number of ether oxygens (including phenoxy) is 1. The minimum Gasteiger partial charge on any atom is -0.497 e. The van der Waals surface area contributed by atoms with E-state index in [1.165, 1.54) is 6.20 Å². The van der Waals surface area contributed by atoms with Crippen LogP contribution in [0, 0.1) is 0 Å². The van der Waals surface area contributed by atoms with Gasteiger partial charge in [-0.1, -0.05) is 12.1 Å². The number of nitrogens with one attached hydrogen (secondary N) is 1. The number of hydrogen-bond donors (Lipinski definition) is 2. The summed E-state index contributed by atoms with van der Waals surface area (Å²) in [5.74, 6) is -0.161. The molecule has 4 nitrogen and oxygen atoms in total. The van der Waals surface area contributed by atoms with Crippen LogP contribution < -0.4 is 10.1 Å². The maximum atomic E-state index is 10.3. The van der Waals surface area contributed by atoms with E-state index >= 15 is 0 Å². The van der Waals surface area contributed by atoms with Gasteiger partial charge in [-0.25, -0.2) is 4.79 Å². The molecule has 0 unspecified atom stereocenters. The molecule has 0 bridgehead atoms. The van der Waals surface area contributed by atoms with Crippen molar-refractivity contribution in [2.75, 3.05) is 7.11 Å². The molecule has 0 amide bonds. The van der Waals surface area contributed by atoms with Crippen molar-refractivity contribution in [3.05, 3.63) is 42.1 Å². The van der Waals surface area contributed by atoms with Gasteiger partial charge in [-0.05, 0) is 24.6 Å². The molecule has 0 aliphatic heterocycles. The van der Waals surface area contributed by atoms with Crippen LogP contribution in [0.1, 0.15) is 18.5 Å². The van der Waals surface area contributed by atoms with Gasteiger partial charge < -0.3 is 15.2 Å². The van der Waals surface area contributed by atoms with E-state index in [9.17, 15) is 4.79 Å². The average molecular weight is 221 g/mol. The Morgan fingerprint density at radius 1 is 1.44 bits per heavy atom. The van der Waals surface area contributed by atoms with E-state index in [0.717, 1.165) is 17.4 Å². The highest BCUT2D eigenvalue weighted by Gasteiger charge is 2.02. The third-order valence-corrected chi connectivity index (χ3v) is 2.19. The maximum Gasteiger partial charge on any atom is 0.329 e. The summed E-state index contributed by atoms with van der Waals surface area (Å²) in [6.45, 7) is 1.95. The van der Waals surface area contributed by atoms with Crippen LogP contribution >= 0.6 is 0 Å². The topological polar surface area (TPSA) is 58.6 Å². The quantitative estimate of drug-likeness (QED) is 0.746. The number of carboxylic acids is 1. The van der Waals surface area contributed by atoms with Crippen LogP contribution in [0.4, 0.5) is 0 Å². The normalized spacial score (nSPS) is 12.4. The molecule has 4 heteroatoms. The molecule has 0 radical (unpaired) electrons. The maximum absolute atomic E-state index is 10.3. The monoisotopic (exact) mass is 221 g/mol. The Morgan fingerprint density at radius 3 is 2.56 bits per heavy atom. The van der Waals surface area contributed by atoms with Gasteiger partial charge in [-0.2, -0.15) is 0 Å². The zero-order valence-corrected chi connectivity index (χ0v) is 9.31. The Morgan fingerprint density at radius 2 is 2.06 bits per heavy atom. The molecule has 1 rings (SSSR count). The van der Waals surface area contributed by atoms with E-state index < -0.39 is 5.97 Å². The van der Waals surface area contributed by atoms with Crippen LogP contribution in [0.25, 0.3) is 0 Å². The van der Waals surface area contributed by atoms with Crippen molar-refractivity contribution in [3.8, 4) is 5.75 Å². The van der Waals surface area contributed by atoms with E-state index in [2.05, 4.69) is 5.32 Å². The molecular formula is C12H15NO3. The third-order valence-electron chi connectivity index (χ3n) is 2.19. The fourth-order valence-electron chi connectivity index (χ4n) is 1.25. The lowest BCUT2D eigenvalue weighted by molar-refractivity contribution is -0.131. The zero-order valence-electron chi connectivity index (χ0n) is 9.31. The highest BCUT2D eigenvalue weighted by atomic mass is 16.5. The van der Waals surface area contributed by atoms with Crippen molar-refractivity contribution in [2.45, 2.75) is 13.0 Å². The summed E-state index contributed by atoms with van der Waals surface area (Å²) in [5, 5.41) is 11.4. The minimum atomic E-state index is -0.963. The second kappa shape index (κ2) is 5.80. The van der Waals surface area contributed by atoms with Crippen LogP contribution in [0.15, 0.2) is 36.5 Å². The molecule has 16 heavy (non-hydrogen) atoms. The number of aliphatic carboxylic acids is 1. The van der Waals surface area contributed by atoms with Crippen molar-refractivity contribution in [2.24, 2.45) is 0 Å². The van der Waals surface area contributed by atoms with E-state index in [0.29, 0.717) is 0 Å². The Kier molecular flexibility index (Phi) is 4.39. The first-order valence-electron chi connectivity index (χ1n) is 4.93. The number of rotatable bonds is 5. The molecule has 0 aliphatic rings. The molecule has 0 heterocycles. The number of carboxylic acid groups (broad SMARTS) is 1. The summed E-state index contributed by atoms with van der Waals surface area (Å²) in [5.41, 5.74) is 1.07. The van der Waals surface area contributed by atoms with Crippen molar-refractivity contribution in [1.29, 1.82) is 0 Å². The second-order valence-corrected chi connectivity index (χ2v) is 3.33. The molecule has 2 N–H and O–H groups in total. The summed E-state index contributed by atoms with van der Waals surface area (Å²) < 4.78 is 5.05. The highest BCUT2D eigenvalue weighted by molar-refractivity contribution is 5.79. The zero-order chi connectivity index (χ0) is 12.0. The molecular weight excluding hydrogens is 206 g/mol. The molecule has 0 aliphatic carbocycles. The van der Waals surface area contributed by atoms with E-state index in [4.69, 9.17) is 9.84 Å². The number of benzene rings is 1. The van der Waals surface area contributed by atoms with Gasteiger partial charge in [0.2, 0.25) is 0 Å². The van der Waals surface area contributed by atoms with Crippen molar-refractivity contribution in [1.82, 2.24) is 5.32 Å². The van der Waals surface area contributed by atoms with Gasteiger partial charge in [0.05, 0.1) is 7.11 Å². The summed E-state index contributed by atoms with van der Waals surface area (Å²) >= 11 is 0. The number of methoxy groups -OCH3 is 1. The molecule has 1 atom stereocenters. The Balaban J connectivity index is 2.58. The van der Waals surface area contributed by atoms with Crippen LogP contribution in [-0.2, 0) is 4.79 Å². The fraction of sp³-hybridized carbons (Fsp3) is 0.250. The van der Waals surface area contributed by atoms with Crippen molar-refractivity contribution >= 4 is 5.97 Å². The number of carbonyl (C=O) groups is 1. The predicted molar refractivity (Wildman–Crippen MR) is 61.3 cm³/mol. The first kappa shape index (κ1) is 12.1. The van der Waals surface area contributed by atoms with Crippen LogP contribution in [0.5, 0.6) is 5.75 Å². The molecule has 0 saturated carbocycles. The summed E-state index contributed by atoms with van der Waals surface area (Å²) in [6.07, 6.45) is 2.50.